The van der Waals surface area contributed by atoms with Crippen LogP contribution in [-0.4, -0.2) is 51.6 Å². The minimum Gasteiger partial charge on any atom is -0.491 e. The molecule has 1 atom stereocenters. The number of urea groups is 1. The highest BCUT2D eigenvalue weighted by molar-refractivity contribution is 5.99. The molecule has 2 aromatic heterocycles. The number of nitrogens with zero attached hydrogens (tertiary/aromatic N) is 4. The second-order valence-electron chi connectivity index (χ2n) is 8.85. The summed E-state index contributed by atoms with van der Waals surface area (Å²) in [4.78, 5) is 27.6. The summed E-state index contributed by atoms with van der Waals surface area (Å²) < 4.78 is 6.18. The van der Waals surface area contributed by atoms with Gasteiger partial charge >= 0.3 is 6.03 Å². The molecule has 1 aliphatic rings. The average Bonchev–Trinajstić information content (AvgIpc) is 3.13. The van der Waals surface area contributed by atoms with Gasteiger partial charge in [0.1, 0.15) is 12.4 Å². The standard InChI is InChI=1S/C25H30N6O2/c1-17-12-19(7-9-22(17)33-16-25(3)10-5-11-31(25)4)21-14-26-15-23(29-21)30-24(32)28-20-8-6-18(2)27-13-20/h6-9,12-15H,5,10-11,16H2,1-4H3,(H2,28,29,30,32)/t25-/m0/s1. The van der Waals surface area contributed by atoms with E-state index >= 15 is 0 Å². The van der Waals surface area contributed by atoms with Crippen molar-refractivity contribution in [3.05, 3.63) is 60.2 Å². The van der Waals surface area contributed by atoms with Gasteiger partial charge < -0.3 is 10.1 Å². The zero-order valence-corrected chi connectivity index (χ0v) is 19.6. The highest BCUT2D eigenvalue weighted by atomic mass is 16.5. The van der Waals surface area contributed by atoms with Crippen molar-refractivity contribution in [3.63, 3.8) is 0 Å². The molecule has 8 heteroatoms. The molecule has 0 unspecified atom stereocenters. The SMILES string of the molecule is Cc1ccc(NC(=O)Nc2cncc(-c3ccc(OC[C@]4(C)CCCN4C)c(C)c3)n2)cn1. The summed E-state index contributed by atoms with van der Waals surface area (Å²) >= 11 is 0. The minimum atomic E-state index is -0.405. The lowest BCUT2D eigenvalue weighted by atomic mass is 10.0. The summed E-state index contributed by atoms with van der Waals surface area (Å²) in [6, 6.07) is 9.19. The maximum Gasteiger partial charge on any atom is 0.324 e. The first kappa shape index (κ1) is 22.7. The molecule has 2 N–H and O–H groups in total. The van der Waals surface area contributed by atoms with Gasteiger partial charge in [0.2, 0.25) is 0 Å². The van der Waals surface area contributed by atoms with Crippen LogP contribution in [0.25, 0.3) is 11.3 Å². The van der Waals surface area contributed by atoms with E-state index in [1.165, 1.54) is 12.6 Å². The Morgan fingerprint density at radius 2 is 2.00 bits per heavy atom. The number of aryl methyl sites for hydroxylation is 2. The molecule has 1 fully saturated rings. The van der Waals surface area contributed by atoms with E-state index in [0.29, 0.717) is 23.8 Å². The highest BCUT2D eigenvalue weighted by Crippen LogP contribution is 2.30. The maximum absolute atomic E-state index is 12.3. The van der Waals surface area contributed by atoms with Crippen molar-refractivity contribution < 1.29 is 9.53 Å². The zero-order chi connectivity index (χ0) is 23.4. The Morgan fingerprint density at radius 3 is 2.70 bits per heavy atom. The number of rotatable bonds is 6. The minimum absolute atomic E-state index is 0.0752. The number of hydrogen-bond acceptors (Lipinski definition) is 6. The molecule has 2 amide bonds. The third kappa shape index (κ3) is 5.46. The molecule has 1 aliphatic heterocycles. The monoisotopic (exact) mass is 446 g/mol. The van der Waals surface area contributed by atoms with Gasteiger partial charge in [-0.15, -0.1) is 0 Å². The number of amides is 2. The third-order valence-electron chi connectivity index (χ3n) is 6.19. The number of hydrogen-bond donors (Lipinski definition) is 2. The van der Waals surface area contributed by atoms with Crippen LogP contribution in [0.3, 0.4) is 0 Å². The van der Waals surface area contributed by atoms with Crippen LogP contribution < -0.4 is 15.4 Å². The quantitative estimate of drug-likeness (QED) is 0.572. The van der Waals surface area contributed by atoms with Crippen LogP contribution in [0.4, 0.5) is 16.3 Å². The average molecular weight is 447 g/mol. The fourth-order valence-corrected chi connectivity index (χ4v) is 3.93. The van der Waals surface area contributed by atoms with Gasteiger partial charge in [-0.25, -0.2) is 9.78 Å². The van der Waals surface area contributed by atoms with Crippen molar-refractivity contribution in [2.24, 2.45) is 0 Å². The summed E-state index contributed by atoms with van der Waals surface area (Å²) in [5.41, 5.74) is 4.16. The van der Waals surface area contributed by atoms with E-state index in [0.717, 1.165) is 35.5 Å². The molecular formula is C25H30N6O2. The third-order valence-corrected chi connectivity index (χ3v) is 6.19. The number of benzene rings is 1. The second-order valence-corrected chi connectivity index (χ2v) is 8.85. The highest BCUT2D eigenvalue weighted by Gasteiger charge is 2.34. The van der Waals surface area contributed by atoms with E-state index in [2.05, 4.69) is 44.5 Å². The number of nitrogens with one attached hydrogen (secondary N) is 2. The lowest BCUT2D eigenvalue weighted by Gasteiger charge is -2.32. The lowest BCUT2D eigenvalue weighted by molar-refractivity contribution is 0.113. The van der Waals surface area contributed by atoms with Crippen LogP contribution >= 0.6 is 0 Å². The molecule has 4 rings (SSSR count). The Kier molecular flexibility index (Phi) is 6.55. The molecule has 3 aromatic rings. The smallest absolute Gasteiger partial charge is 0.324 e. The van der Waals surface area contributed by atoms with Crippen LogP contribution in [0.2, 0.25) is 0 Å². The van der Waals surface area contributed by atoms with Crippen LogP contribution in [0, 0.1) is 13.8 Å². The fourth-order valence-electron chi connectivity index (χ4n) is 3.93. The first-order valence-corrected chi connectivity index (χ1v) is 11.1. The molecule has 1 saturated heterocycles. The number of ether oxygens (including phenoxy) is 1. The number of anilines is 2. The molecule has 0 spiro atoms. The number of pyridine rings is 1. The van der Waals surface area contributed by atoms with Crippen molar-refractivity contribution in [1.29, 1.82) is 0 Å². The van der Waals surface area contributed by atoms with Crippen molar-refractivity contribution in [2.45, 2.75) is 39.2 Å². The molecule has 172 valence electrons. The van der Waals surface area contributed by atoms with Crippen LogP contribution in [0.15, 0.2) is 48.9 Å². The van der Waals surface area contributed by atoms with Crippen molar-refractivity contribution in [3.8, 4) is 17.0 Å². The molecule has 1 aromatic carbocycles. The Labute approximate surface area is 194 Å². The predicted octanol–water partition coefficient (Wildman–Crippen LogP) is 4.66. The first-order valence-electron chi connectivity index (χ1n) is 11.1. The van der Waals surface area contributed by atoms with Crippen LogP contribution in [0.1, 0.15) is 31.0 Å². The largest absolute Gasteiger partial charge is 0.491 e. The fraction of sp³-hybridized carbons (Fsp3) is 0.360. The summed E-state index contributed by atoms with van der Waals surface area (Å²) in [6.45, 7) is 7.94. The van der Waals surface area contributed by atoms with Gasteiger partial charge in [0.25, 0.3) is 0 Å². The van der Waals surface area contributed by atoms with Crippen LogP contribution in [-0.2, 0) is 0 Å². The summed E-state index contributed by atoms with van der Waals surface area (Å²) in [5.74, 6) is 1.23. The van der Waals surface area contributed by atoms with E-state index in [1.807, 2.05) is 38.1 Å². The number of carbonyl (C=O) groups excluding carboxylic acids is 1. The van der Waals surface area contributed by atoms with E-state index < -0.39 is 6.03 Å². The van der Waals surface area contributed by atoms with Gasteiger partial charge in [0.15, 0.2) is 5.82 Å². The number of carbonyl (C=O) groups is 1. The van der Waals surface area contributed by atoms with Gasteiger partial charge in [-0.2, -0.15) is 0 Å². The first-order chi connectivity index (χ1) is 15.8. The van der Waals surface area contributed by atoms with E-state index in [4.69, 9.17) is 4.74 Å². The van der Waals surface area contributed by atoms with E-state index in [9.17, 15) is 4.79 Å². The maximum atomic E-state index is 12.3. The second kappa shape index (κ2) is 9.54. The van der Waals surface area contributed by atoms with Gasteiger partial charge in [0, 0.05) is 11.3 Å². The Morgan fingerprint density at radius 1 is 1.15 bits per heavy atom. The molecule has 33 heavy (non-hydrogen) atoms. The molecule has 0 bridgehead atoms. The van der Waals surface area contributed by atoms with Crippen molar-refractivity contribution >= 4 is 17.5 Å². The zero-order valence-electron chi connectivity index (χ0n) is 19.6. The number of aromatic nitrogens is 3. The van der Waals surface area contributed by atoms with E-state index in [-0.39, 0.29) is 5.54 Å². The molecule has 8 nitrogen and oxygen atoms in total. The normalized spacial score (nSPS) is 18.2. The van der Waals surface area contributed by atoms with Crippen molar-refractivity contribution in [2.75, 3.05) is 30.8 Å². The Balaban J connectivity index is 1.41. The summed E-state index contributed by atoms with van der Waals surface area (Å²) in [6.07, 6.45) is 7.15. The van der Waals surface area contributed by atoms with E-state index in [1.54, 1.807) is 18.5 Å². The topological polar surface area (TPSA) is 92.3 Å². The van der Waals surface area contributed by atoms with Gasteiger partial charge in [-0.1, -0.05) is 0 Å². The Bertz CT molecular complexity index is 1130. The van der Waals surface area contributed by atoms with Gasteiger partial charge in [0.05, 0.1) is 35.5 Å². The van der Waals surface area contributed by atoms with Crippen LogP contribution in [0.5, 0.6) is 5.75 Å². The summed E-state index contributed by atoms with van der Waals surface area (Å²) in [5, 5.41) is 5.46. The Hall–Kier alpha value is -3.52. The van der Waals surface area contributed by atoms with Gasteiger partial charge in [-0.05, 0) is 83.1 Å². The molecule has 0 radical (unpaired) electrons. The molecule has 0 saturated carbocycles. The number of likely N-dealkylation sites (N-methyl/N-ethyl adjacent to an activating group) is 1. The summed E-state index contributed by atoms with van der Waals surface area (Å²) in [7, 11) is 2.16. The molecule has 3 heterocycles. The van der Waals surface area contributed by atoms with Crippen molar-refractivity contribution in [1.82, 2.24) is 19.9 Å². The molecular weight excluding hydrogens is 416 g/mol. The lowest BCUT2D eigenvalue weighted by Crippen LogP contribution is -2.43. The predicted molar refractivity (Wildman–Crippen MR) is 130 cm³/mol. The molecule has 0 aliphatic carbocycles. The van der Waals surface area contributed by atoms with Gasteiger partial charge in [-0.3, -0.25) is 20.2 Å². The number of likely N-dealkylation sites (tertiary alicyclic amines) is 1.